The van der Waals surface area contributed by atoms with Crippen molar-refractivity contribution in [3.8, 4) is 0 Å². The molecule has 5 nitrogen and oxygen atoms in total. The van der Waals surface area contributed by atoms with Gasteiger partial charge in [-0.3, -0.25) is 0 Å². The molecule has 0 spiro atoms. The van der Waals surface area contributed by atoms with Crippen molar-refractivity contribution in [3.63, 3.8) is 0 Å². The van der Waals surface area contributed by atoms with E-state index in [9.17, 15) is 4.79 Å². The molecule has 0 fully saturated rings. The maximum atomic E-state index is 12.1. The summed E-state index contributed by atoms with van der Waals surface area (Å²) in [7, 11) is 1.57. The summed E-state index contributed by atoms with van der Waals surface area (Å²) in [5.74, 6) is 0. The van der Waals surface area contributed by atoms with Gasteiger partial charge < -0.3 is 20.5 Å². The van der Waals surface area contributed by atoms with E-state index in [0.717, 1.165) is 12.0 Å². The van der Waals surface area contributed by atoms with Crippen molar-refractivity contribution in [2.75, 3.05) is 19.0 Å². The molecule has 3 N–H and O–H groups in total. The van der Waals surface area contributed by atoms with E-state index in [0.29, 0.717) is 23.7 Å². The maximum absolute atomic E-state index is 12.1. The second-order valence-electron chi connectivity index (χ2n) is 5.17. The van der Waals surface area contributed by atoms with Crippen molar-refractivity contribution in [3.05, 3.63) is 28.8 Å². The number of rotatable bonds is 7. The lowest BCUT2D eigenvalue weighted by atomic mass is 9.95. The van der Waals surface area contributed by atoms with Gasteiger partial charge in [0.1, 0.15) is 0 Å². The molecule has 1 rings (SSSR count). The van der Waals surface area contributed by atoms with Crippen molar-refractivity contribution < 1.29 is 14.6 Å². The van der Waals surface area contributed by atoms with Gasteiger partial charge in [0.15, 0.2) is 0 Å². The molecule has 0 aliphatic heterocycles. The van der Waals surface area contributed by atoms with Crippen LogP contribution in [0, 0.1) is 0 Å². The van der Waals surface area contributed by atoms with E-state index in [4.69, 9.17) is 21.4 Å². The van der Waals surface area contributed by atoms with Gasteiger partial charge in [-0.25, -0.2) is 4.79 Å². The lowest BCUT2D eigenvalue weighted by Gasteiger charge is -2.29. The zero-order chi connectivity index (χ0) is 15.9. The minimum absolute atomic E-state index is 0.0245. The predicted molar refractivity (Wildman–Crippen MR) is 84.7 cm³/mol. The van der Waals surface area contributed by atoms with E-state index in [1.807, 2.05) is 13.8 Å². The quantitative estimate of drug-likeness (QED) is 0.724. The van der Waals surface area contributed by atoms with Crippen LogP contribution >= 0.6 is 11.6 Å². The Hall–Kier alpha value is -1.30. The highest BCUT2D eigenvalue weighted by molar-refractivity contribution is 6.31. The fourth-order valence-electron chi connectivity index (χ4n) is 1.97. The fourth-order valence-corrected chi connectivity index (χ4v) is 2.20. The highest BCUT2D eigenvalue weighted by Crippen LogP contribution is 2.25. The molecule has 0 saturated heterocycles. The SMILES string of the molecule is CCC(C)(CCO)NC(=O)Nc1cccc(Cl)c1COC. The fraction of sp³-hybridized carbons (Fsp3) is 0.533. The number of ether oxygens (including phenoxy) is 1. The molecule has 0 bridgehead atoms. The lowest BCUT2D eigenvalue weighted by molar-refractivity contribution is 0.185. The van der Waals surface area contributed by atoms with E-state index in [1.54, 1.807) is 25.3 Å². The van der Waals surface area contributed by atoms with Gasteiger partial charge in [-0.2, -0.15) is 0 Å². The molecule has 0 heterocycles. The van der Waals surface area contributed by atoms with E-state index in [1.165, 1.54) is 0 Å². The summed E-state index contributed by atoms with van der Waals surface area (Å²) in [6, 6.07) is 4.97. The number of anilines is 1. The Morgan fingerprint density at radius 2 is 2.19 bits per heavy atom. The monoisotopic (exact) mass is 314 g/mol. The third-order valence-electron chi connectivity index (χ3n) is 3.51. The molecule has 2 amide bonds. The van der Waals surface area contributed by atoms with Gasteiger partial charge in [-0.1, -0.05) is 24.6 Å². The van der Waals surface area contributed by atoms with Crippen LogP contribution in [0.2, 0.25) is 5.02 Å². The summed E-state index contributed by atoms with van der Waals surface area (Å²) < 4.78 is 5.10. The summed E-state index contributed by atoms with van der Waals surface area (Å²) in [4.78, 5) is 12.1. The maximum Gasteiger partial charge on any atom is 0.319 e. The minimum atomic E-state index is -0.446. The van der Waals surface area contributed by atoms with Gasteiger partial charge in [0.2, 0.25) is 0 Å². The van der Waals surface area contributed by atoms with Gasteiger partial charge in [-0.15, -0.1) is 0 Å². The number of carbonyl (C=O) groups excluding carboxylic acids is 1. The molecule has 118 valence electrons. The smallest absolute Gasteiger partial charge is 0.319 e. The molecule has 1 aromatic rings. The Bertz CT molecular complexity index is 482. The van der Waals surface area contributed by atoms with Gasteiger partial charge in [-0.05, 0) is 31.9 Å². The molecule has 0 saturated carbocycles. The molecule has 21 heavy (non-hydrogen) atoms. The third kappa shape index (κ3) is 5.19. The Morgan fingerprint density at radius 1 is 1.48 bits per heavy atom. The van der Waals surface area contributed by atoms with Crippen LogP contribution in [0.15, 0.2) is 18.2 Å². The van der Waals surface area contributed by atoms with Gasteiger partial charge in [0.05, 0.1) is 6.61 Å². The van der Waals surface area contributed by atoms with E-state index in [2.05, 4.69) is 10.6 Å². The molecule has 6 heteroatoms. The number of nitrogens with one attached hydrogen (secondary N) is 2. The van der Waals surface area contributed by atoms with Crippen molar-refractivity contribution >= 4 is 23.3 Å². The minimum Gasteiger partial charge on any atom is -0.396 e. The summed E-state index contributed by atoms with van der Waals surface area (Å²) in [6.07, 6.45) is 1.22. The number of hydrogen-bond donors (Lipinski definition) is 3. The zero-order valence-electron chi connectivity index (χ0n) is 12.7. The van der Waals surface area contributed by atoms with Crippen LogP contribution in [0.1, 0.15) is 32.3 Å². The van der Waals surface area contributed by atoms with Crippen molar-refractivity contribution in [2.24, 2.45) is 0 Å². The molecule has 0 radical (unpaired) electrons. The lowest BCUT2D eigenvalue weighted by Crippen LogP contribution is -2.48. The first-order chi connectivity index (χ1) is 9.95. The second kappa shape index (κ2) is 8.22. The van der Waals surface area contributed by atoms with Crippen LogP contribution < -0.4 is 10.6 Å². The predicted octanol–water partition coefficient (Wildman–Crippen LogP) is 3.16. The van der Waals surface area contributed by atoms with Crippen LogP contribution in [0.5, 0.6) is 0 Å². The largest absolute Gasteiger partial charge is 0.396 e. The highest BCUT2D eigenvalue weighted by atomic mass is 35.5. The van der Waals surface area contributed by atoms with Gasteiger partial charge in [0, 0.05) is 35.5 Å². The number of amides is 2. The number of aliphatic hydroxyl groups excluding tert-OH is 1. The second-order valence-corrected chi connectivity index (χ2v) is 5.57. The number of urea groups is 1. The first kappa shape index (κ1) is 17.8. The number of aliphatic hydroxyl groups is 1. The molecule has 0 aliphatic rings. The Labute approximate surface area is 130 Å². The van der Waals surface area contributed by atoms with Crippen LogP contribution in [-0.2, 0) is 11.3 Å². The van der Waals surface area contributed by atoms with Gasteiger partial charge >= 0.3 is 6.03 Å². The van der Waals surface area contributed by atoms with E-state index < -0.39 is 5.54 Å². The normalized spacial score (nSPS) is 13.6. The Kier molecular flexibility index (Phi) is 6.95. The molecule has 0 aromatic heterocycles. The van der Waals surface area contributed by atoms with E-state index >= 15 is 0 Å². The molecule has 1 aromatic carbocycles. The topological polar surface area (TPSA) is 70.6 Å². The number of benzene rings is 1. The summed E-state index contributed by atoms with van der Waals surface area (Å²) in [6.45, 7) is 4.20. The van der Waals surface area contributed by atoms with E-state index in [-0.39, 0.29) is 12.6 Å². The average Bonchev–Trinajstić information content (AvgIpc) is 2.43. The first-order valence-corrected chi connectivity index (χ1v) is 7.30. The summed E-state index contributed by atoms with van der Waals surface area (Å²) >= 11 is 6.12. The number of hydrogen-bond acceptors (Lipinski definition) is 3. The van der Waals surface area contributed by atoms with Crippen LogP contribution in [0.3, 0.4) is 0 Å². The summed E-state index contributed by atoms with van der Waals surface area (Å²) in [5, 5.41) is 15.3. The molecular weight excluding hydrogens is 292 g/mol. The Morgan fingerprint density at radius 3 is 2.76 bits per heavy atom. The summed E-state index contributed by atoms with van der Waals surface area (Å²) in [5.41, 5.74) is 0.903. The zero-order valence-corrected chi connectivity index (χ0v) is 13.5. The van der Waals surface area contributed by atoms with Crippen molar-refractivity contribution in [1.82, 2.24) is 5.32 Å². The van der Waals surface area contributed by atoms with Crippen LogP contribution in [0.25, 0.3) is 0 Å². The Balaban J connectivity index is 2.81. The molecular formula is C15H23ClN2O3. The highest BCUT2D eigenvalue weighted by Gasteiger charge is 2.24. The van der Waals surface area contributed by atoms with Crippen molar-refractivity contribution in [1.29, 1.82) is 0 Å². The number of halogens is 1. The number of methoxy groups -OCH3 is 1. The molecule has 1 atom stereocenters. The van der Waals surface area contributed by atoms with Crippen molar-refractivity contribution in [2.45, 2.75) is 38.8 Å². The molecule has 1 unspecified atom stereocenters. The third-order valence-corrected chi connectivity index (χ3v) is 3.87. The standard InChI is InChI=1S/C15H23ClN2O3/c1-4-15(2,8-9-19)18-14(20)17-13-7-5-6-12(16)11(13)10-21-3/h5-7,19H,4,8-10H2,1-3H3,(H2,17,18,20). The average molecular weight is 315 g/mol. The molecule has 0 aliphatic carbocycles. The van der Waals surface area contributed by atoms with Crippen LogP contribution in [0.4, 0.5) is 10.5 Å². The van der Waals surface area contributed by atoms with Crippen LogP contribution in [-0.4, -0.2) is 30.4 Å². The first-order valence-electron chi connectivity index (χ1n) is 6.92. The van der Waals surface area contributed by atoms with Gasteiger partial charge in [0.25, 0.3) is 0 Å². The number of carbonyl (C=O) groups is 1.